The third-order valence-corrected chi connectivity index (χ3v) is 5.91. The van der Waals surface area contributed by atoms with E-state index < -0.39 is 0 Å². The summed E-state index contributed by atoms with van der Waals surface area (Å²) in [7, 11) is 0. The largest absolute Gasteiger partial charge is 0.379 e. The van der Waals surface area contributed by atoms with Crippen LogP contribution in [0, 0.1) is 0 Å². The Morgan fingerprint density at radius 1 is 1.12 bits per heavy atom. The fourth-order valence-corrected chi connectivity index (χ4v) is 4.18. The maximum absolute atomic E-state index is 12.8. The van der Waals surface area contributed by atoms with E-state index in [1.54, 1.807) is 0 Å². The van der Waals surface area contributed by atoms with Crippen LogP contribution in [0.1, 0.15) is 43.6 Å². The molecule has 2 fully saturated rings. The van der Waals surface area contributed by atoms with Crippen molar-refractivity contribution < 1.29 is 14.3 Å². The summed E-state index contributed by atoms with van der Waals surface area (Å²) in [6, 6.07) is 8.20. The molecule has 1 amide bonds. The predicted molar refractivity (Wildman–Crippen MR) is 142 cm³/mol. The molecule has 9 heteroatoms. The average molecular weight is 574 g/mol. The van der Waals surface area contributed by atoms with Crippen molar-refractivity contribution in [3.63, 3.8) is 0 Å². The summed E-state index contributed by atoms with van der Waals surface area (Å²) in [5, 5.41) is 6.77. The smallest absolute Gasteiger partial charge is 0.254 e. The zero-order valence-electron chi connectivity index (χ0n) is 20.4. The molecule has 8 nitrogen and oxygen atoms in total. The number of benzene rings is 1. The van der Waals surface area contributed by atoms with Gasteiger partial charge in [0.25, 0.3) is 5.91 Å². The second-order valence-corrected chi connectivity index (χ2v) is 8.74. The molecule has 0 saturated carbocycles. The molecule has 33 heavy (non-hydrogen) atoms. The van der Waals surface area contributed by atoms with Crippen LogP contribution in [0.5, 0.6) is 0 Å². The molecule has 2 aliphatic rings. The Morgan fingerprint density at radius 3 is 2.36 bits per heavy atom. The second kappa shape index (κ2) is 14.1. The highest BCUT2D eigenvalue weighted by molar-refractivity contribution is 14.0. The molecule has 2 saturated heterocycles. The van der Waals surface area contributed by atoms with Crippen LogP contribution in [0.2, 0.25) is 0 Å². The number of carbonyl (C=O) groups is 1. The quantitative estimate of drug-likeness (QED) is 0.296. The number of ether oxygens (including phenoxy) is 2. The predicted octanol–water partition coefficient (Wildman–Crippen LogP) is 2.33. The van der Waals surface area contributed by atoms with Gasteiger partial charge >= 0.3 is 0 Å². The van der Waals surface area contributed by atoms with E-state index in [9.17, 15) is 4.79 Å². The molecule has 2 N–H and O–H groups in total. The van der Waals surface area contributed by atoms with Crippen molar-refractivity contribution in [2.45, 2.75) is 52.5 Å². The van der Waals surface area contributed by atoms with E-state index in [0.29, 0.717) is 31.2 Å². The third kappa shape index (κ3) is 8.70. The minimum Gasteiger partial charge on any atom is -0.379 e. The van der Waals surface area contributed by atoms with Gasteiger partial charge in [0.2, 0.25) is 0 Å². The lowest BCUT2D eigenvalue weighted by Crippen LogP contribution is -2.49. The van der Waals surface area contributed by atoms with Gasteiger partial charge in [-0.1, -0.05) is 12.1 Å². The number of morpholine rings is 2. The molecular formula is C24H40IN5O3. The van der Waals surface area contributed by atoms with Gasteiger partial charge in [0.15, 0.2) is 5.96 Å². The Hall–Kier alpha value is -1.43. The first-order valence-corrected chi connectivity index (χ1v) is 11.8. The highest BCUT2D eigenvalue weighted by Crippen LogP contribution is 2.15. The van der Waals surface area contributed by atoms with Crippen molar-refractivity contribution in [2.24, 2.45) is 4.99 Å². The van der Waals surface area contributed by atoms with Gasteiger partial charge in [-0.3, -0.25) is 9.69 Å². The normalized spacial score (nSPS) is 22.9. The lowest BCUT2D eigenvalue weighted by Gasteiger charge is -2.35. The number of guanidine groups is 1. The number of halogens is 1. The highest BCUT2D eigenvalue weighted by Gasteiger charge is 2.26. The Morgan fingerprint density at radius 2 is 1.76 bits per heavy atom. The summed E-state index contributed by atoms with van der Waals surface area (Å²) < 4.78 is 11.2. The van der Waals surface area contributed by atoms with Gasteiger partial charge in [-0.15, -0.1) is 24.0 Å². The number of amides is 1. The van der Waals surface area contributed by atoms with E-state index in [1.807, 2.05) is 43.0 Å². The van der Waals surface area contributed by atoms with Crippen LogP contribution >= 0.6 is 24.0 Å². The molecule has 0 aliphatic carbocycles. The molecule has 3 unspecified atom stereocenters. The Kier molecular flexibility index (Phi) is 11.9. The molecule has 0 aromatic heterocycles. The summed E-state index contributed by atoms with van der Waals surface area (Å²) >= 11 is 0. The number of carbonyl (C=O) groups excluding carboxylic acids is 1. The SMILES string of the molecule is CCNC(=NCc1ccc(C(=O)N2CC(C)OC(C)C2)cc1)NCC(C)N1CCOCC1.I. The van der Waals surface area contributed by atoms with E-state index in [2.05, 4.69) is 29.4 Å². The Bertz CT molecular complexity index is 745. The fraction of sp³-hybridized carbons (Fsp3) is 0.667. The van der Waals surface area contributed by atoms with E-state index in [-0.39, 0.29) is 42.1 Å². The van der Waals surface area contributed by atoms with Gasteiger partial charge in [0.05, 0.1) is 32.0 Å². The molecule has 1 aromatic carbocycles. The summed E-state index contributed by atoms with van der Waals surface area (Å²) in [5.41, 5.74) is 1.78. The van der Waals surface area contributed by atoms with Gasteiger partial charge in [-0.25, -0.2) is 4.99 Å². The van der Waals surface area contributed by atoms with Crippen LogP contribution in [0.4, 0.5) is 0 Å². The minimum absolute atomic E-state index is 0. The van der Waals surface area contributed by atoms with E-state index in [0.717, 1.165) is 50.9 Å². The first-order valence-electron chi connectivity index (χ1n) is 11.8. The number of nitrogens with zero attached hydrogens (tertiary/aromatic N) is 3. The standard InChI is InChI=1S/C24H39N5O3.HI/c1-5-25-24(26-14-18(2)28-10-12-31-13-11-28)27-15-21-6-8-22(9-7-21)23(30)29-16-19(3)32-20(4)17-29;/h6-9,18-20H,5,10-17H2,1-4H3,(H2,25,26,27);1H. The third-order valence-electron chi connectivity index (χ3n) is 5.91. The maximum atomic E-state index is 12.8. The van der Waals surface area contributed by atoms with Crippen LogP contribution in [-0.2, 0) is 16.0 Å². The molecule has 3 atom stereocenters. The van der Waals surface area contributed by atoms with Crippen molar-refractivity contribution in [3.8, 4) is 0 Å². The van der Waals surface area contributed by atoms with E-state index >= 15 is 0 Å². The van der Waals surface area contributed by atoms with Crippen molar-refractivity contribution in [3.05, 3.63) is 35.4 Å². The number of aliphatic imine (C=N–C) groups is 1. The highest BCUT2D eigenvalue weighted by atomic mass is 127. The van der Waals surface area contributed by atoms with Crippen molar-refractivity contribution >= 4 is 35.8 Å². The monoisotopic (exact) mass is 573 g/mol. The number of rotatable bonds is 7. The van der Waals surface area contributed by atoms with Gasteiger partial charge in [-0.05, 0) is 45.4 Å². The van der Waals surface area contributed by atoms with Crippen LogP contribution in [0.25, 0.3) is 0 Å². The van der Waals surface area contributed by atoms with Crippen molar-refractivity contribution in [1.82, 2.24) is 20.4 Å². The molecule has 0 radical (unpaired) electrons. The van der Waals surface area contributed by atoms with Crippen LogP contribution in [0.15, 0.2) is 29.3 Å². The summed E-state index contributed by atoms with van der Waals surface area (Å²) in [6.07, 6.45) is 0.138. The number of hydrogen-bond acceptors (Lipinski definition) is 5. The van der Waals surface area contributed by atoms with Gasteiger partial charge in [0, 0.05) is 50.9 Å². The number of hydrogen-bond donors (Lipinski definition) is 2. The minimum atomic E-state index is 0. The van der Waals surface area contributed by atoms with Crippen molar-refractivity contribution in [1.29, 1.82) is 0 Å². The van der Waals surface area contributed by atoms with Crippen LogP contribution in [-0.4, -0.2) is 92.4 Å². The summed E-state index contributed by atoms with van der Waals surface area (Å²) in [5.74, 6) is 0.873. The molecule has 1 aromatic rings. The first kappa shape index (κ1) is 27.8. The molecule has 2 aliphatic heterocycles. The molecule has 186 valence electrons. The zero-order valence-corrected chi connectivity index (χ0v) is 22.7. The van der Waals surface area contributed by atoms with Crippen LogP contribution in [0.3, 0.4) is 0 Å². The molecule has 0 bridgehead atoms. The fourth-order valence-electron chi connectivity index (χ4n) is 4.18. The maximum Gasteiger partial charge on any atom is 0.254 e. The zero-order chi connectivity index (χ0) is 22.9. The second-order valence-electron chi connectivity index (χ2n) is 8.74. The lowest BCUT2D eigenvalue weighted by molar-refractivity contribution is -0.0586. The average Bonchev–Trinajstić information content (AvgIpc) is 2.80. The van der Waals surface area contributed by atoms with Crippen LogP contribution < -0.4 is 10.6 Å². The van der Waals surface area contributed by atoms with Gasteiger partial charge in [-0.2, -0.15) is 0 Å². The molecule has 3 rings (SSSR count). The van der Waals surface area contributed by atoms with Gasteiger partial charge in [0.1, 0.15) is 0 Å². The van der Waals surface area contributed by atoms with E-state index in [4.69, 9.17) is 14.5 Å². The summed E-state index contributed by atoms with van der Waals surface area (Å²) in [6.45, 7) is 15.3. The number of nitrogens with one attached hydrogen (secondary N) is 2. The van der Waals surface area contributed by atoms with Gasteiger partial charge < -0.3 is 25.0 Å². The molecular weight excluding hydrogens is 533 g/mol. The molecule has 0 spiro atoms. The van der Waals surface area contributed by atoms with Crippen molar-refractivity contribution in [2.75, 3.05) is 52.5 Å². The molecule has 2 heterocycles. The lowest BCUT2D eigenvalue weighted by atomic mass is 10.1. The summed E-state index contributed by atoms with van der Waals surface area (Å²) in [4.78, 5) is 21.9. The topological polar surface area (TPSA) is 78.4 Å². The Balaban J connectivity index is 0.00000385. The Labute approximate surface area is 215 Å². The van der Waals surface area contributed by atoms with E-state index in [1.165, 1.54) is 0 Å². The first-order chi connectivity index (χ1) is 15.5.